The zero-order valence-electron chi connectivity index (χ0n) is 13.9. The van der Waals surface area contributed by atoms with Gasteiger partial charge in [0.15, 0.2) is 0 Å². The van der Waals surface area contributed by atoms with Crippen molar-refractivity contribution in [3.05, 3.63) is 54.6 Å². The highest BCUT2D eigenvalue weighted by Gasteiger charge is 2.17. The minimum absolute atomic E-state index is 0.0313. The van der Waals surface area contributed by atoms with Crippen molar-refractivity contribution in [2.45, 2.75) is 19.9 Å². The summed E-state index contributed by atoms with van der Waals surface area (Å²) in [6.45, 7) is 3.61. The van der Waals surface area contributed by atoms with E-state index in [2.05, 4.69) is 5.32 Å². The third-order valence-electron chi connectivity index (χ3n) is 3.70. The van der Waals surface area contributed by atoms with Crippen molar-refractivity contribution in [1.82, 2.24) is 4.90 Å². The molecule has 0 unspecified atom stereocenters. The van der Waals surface area contributed by atoms with Gasteiger partial charge in [-0.1, -0.05) is 48.5 Å². The average Bonchev–Trinajstić information content (AvgIpc) is 2.55. The molecule has 0 radical (unpaired) electrons. The summed E-state index contributed by atoms with van der Waals surface area (Å²) in [5.74, 6) is -1.17. The summed E-state index contributed by atoms with van der Waals surface area (Å²) in [4.78, 5) is 24.9. The Hall–Kier alpha value is -2.66. The van der Waals surface area contributed by atoms with Crippen LogP contribution >= 0.6 is 0 Å². The zero-order valence-corrected chi connectivity index (χ0v) is 13.9. The van der Waals surface area contributed by atoms with Crippen LogP contribution in [0.15, 0.2) is 54.6 Å². The molecule has 0 aliphatic rings. The molecule has 0 atom stereocenters. The van der Waals surface area contributed by atoms with Gasteiger partial charge < -0.3 is 10.4 Å². The first-order valence-corrected chi connectivity index (χ1v) is 7.87. The van der Waals surface area contributed by atoms with E-state index in [1.807, 2.05) is 68.4 Å². The van der Waals surface area contributed by atoms with Gasteiger partial charge in [0.25, 0.3) is 0 Å². The molecule has 0 saturated carbocycles. The van der Waals surface area contributed by atoms with E-state index in [1.165, 1.54) is 0 Å². The minimum Gasteiger partial charge on any atom is -0.480 e. The second-order valence-electron chi connectivity index (χ2n) is 5.85. The van der Waals surface area contributed by atoms with Crippen molar-refractivity contribution < 1.29 is 14.7 Å². The number of carboxylic acid groups (broad SMARTS) is 1. The number of aliphatic carboxylic acids is 1. The lowest BCUT2D eigenvalue weighted by molar-refractivity contribution is -0.139. The standard InChI is InChI=1S/C19H22N2O3/c1-14(2)21(13-19(23)24)12-18(22)20-17-11-7-6-10-16(17)15-8-4-3-5-9-15/h3-11,14H,12-13H2,1-2H3,(H,20,22)(H,23,24). The number of nitrogens with one attached hydrogen (secondary N) is 1. The lowest BCUT2D eigenvalue weighted by Gasteiger charge is -2.24. The lowest BCUT2D eigenvalue weighted by Crippen LogP contribution is -2.41. The SMILES string of the molecule is CC(C)N(CC(=O)O)CC(=O)Nc1ccccc1-c1ccccc1. The number of nitrogens with zero attached hydrogens (tertiary/aromatic N) is 1. The number of amides is 1. The number of benzene rings is 2. The van der Waals surface area contributed by atoms with E-state index in [9.17, 15) is 9.59 Å². The maximum absolute atomic E-state index is 12.3. The quantitative estimate of drug-likeness (QED) is 0.820. The summed E-state index contributed by atoms with van der Waals surface area (Å²) in [6, 6.07) is 17.3. The third kappa shape index (κ3) is 4.93. The molecule has 5 nitrogen and oxygen atoms in total. The van der Waals surface area contributed by atoms with Crippen LogP contribution in [0.4, 0.5) is 5.69 Å². The van der Waals surface area contributed by atoms with Crippen LogP contribution in [-0.2, 0) is 9.59 Å². The van der Waals surface area contributed by atoms with Crippen molar-refractivity contribution in [2.24, 2.45) is 0 Å². The summed E-state index contributed by atoms with van der Waals surface area (Å²) in [6.07, 6.45) is 0. The van der Waals surface area contributed by atoms with Gasteiger partial charge in [0, 0.05) is 17.3 Å². The van der Waals surface area contributed by atoms with Gasteiger partial charge in [-0.15, -0.1) is 0 Å². The van der Waals surface area contributed by atoms with E-state index < -0.39 is 5.97 Å². The van der Waals surface area contributed by atoms with Crippen molar-refractivity contribution in [3.8, 4) is 11.1 Å². The number of carboxylic acids is 1. The van der Waals surface area contributed by atoms with Gasteiger partial charge in [0.1, 0.15) is 0 Å². The van der Waals surface area contributed by atoms with Gasteiger partial charge in [-0.05, 0) is 25.5 Å². The molecule has 5 heteroatoms. The van der Waals surface area contributed by atoms with Crippen molar-refractivity contribution in [2.75, 3.05) is 18.4 Å². The van der Waals surface area contributed by atoms with Crippen LogP contribution < -0.4 is 5.32 Å². The molecule has 24 heavy (non-hydrogen) atoms. The van der Waals surface area contributed by atoms with E-state index in [1.54, 1.807) is 4.90 Å². The Morgan fingerprint density at radius 3 is 2.25 bits per heavy atom. The van der Waals surface area contributed by atoms with Gasteiger partial charge >= 0.3 is 5.97 Å². The highest BCUT2D eigenvalue weighted by atomic mass is 16.4. The fourth-order valence-electron chi connectivity index (χ4n) is 2.43. The predicted molar refractivity (Wildman–Crippen MR) is 94.9 cm³/mol. The molecule has 126 valence electrons. The predicted octanol–water partition coefficient (Wildman–Crippen LogP) is 3.09. The van der Waals surface area contributed by atoms with Crippen LogP contribution in [0.3, 0.4) is 0 Å². The van der Waals surface area contributed by atoms with Crippen molar-refractivity contribution >= 4 is 17.6 Å². The molecule has 0 saturated heterocycles. The molecule has 0 aliphatic heterocycles. The van der Waals surface area contributed by atoms with Gasteiger partial charge in [-0.25, -0.2) is 0 Å². The molecule has 0 spiro atoms. The molecule has 2 aromatic carbocycles. The number of para-hydroxylation sites is 1. The Kier molecular flexibility index (Phi) is 6.09. The Morgan fingerprint density at radius 2 is 1.62 bits per heavy atom. The monoisotopic (exact) mass is 326 g/mol. The number of carbonyl (C=O) groups excluding carboxylic acids is 1. The second-order valence-corrected chi connectivity index (χ2v) is 5.85. The number of anilines is 1. The highest BCUT2D eigenvalue weighted by molar-refractivity contribution is 5.96. The van der Waals surface area contributed by atoms with Crippen LogP contribution in [0.5, 0.6) is 0 Å². The molecule has 0 fully saturated rings. The third-order valence-corrected chi connectivity index (χ3v) is 3.70. The molecule has 2 N–H and O–H groups in total. The number of carbonyl (C=O) groups is 2. The Bertz CT molecular complexity index is 699. The van der Waals surface area contributed by atoms with Crippen molar-refractivity contribution in [3.63, 3.8) is 0 Å². The Balaban J connectivity index is 2.13. The molecule has 2 aromatic rings. The summed E-state index contributed by atoms with van der Waals surface area (Å²) in [5, 5.41) is 11.8. The van der Waals surface area contributed by atoms with Crippen LogP contribution in [-0.4, -0.2) is 41.0 Å². The Labute approximate surface area is 141 Å². The number of rotatable bonds is 7. The van der Waals surface area contributed by atoms with E-state index in [4.69, 9.17) is 5.11 Å². The van der Waals surface area contributed by atoms with Crippen LogP contribution in [0.2, 0.25) is 0 Å². The topological polar surface area (TPSA) is 69.6 Å². The van der Waals surface area contributed by atoms with Gasteiger partial charge in [-0.3, -0.25) is 14.5 Å². The largest absolute Gasteiger partial charge is 0.480 e. The van der Waals surface area contributed by atoms with Gasteiger partial charge in [0.2, 0.25) is 5.91 Å². The molecule has 2 rings (SSSR count). The van der Waals surface area contributed by atoms with Crippen molar-refractivity contribution in [1.29, 1.82) is 0 Å². The lowest BCUT2D eigenvalue weighted by atomic mass is 10.0. The second kappa shape index (κ2) is 8.26. The fourth-order valence-corrected chi connectivity index (χ4v) is 2.43. The van der Waals surface area contributed by atoms with Gasteiger partial charge in [0.05, 0.1) is 13.1 Å². The van der Waals surface area contributed by atoms with Crippen LogP contribution in [0.1, 0.15) is 13.8 Å². The van der Waals surface area contributed by atoms with E-state index in [0.717, 1.165) is 11.1 Å². The fraction of sp³-hybridized carbons (Fsp3) is 0.263. The van der Waals surface area contributed by atoms with Crippen LogP contribution in [0, 0.1) is 0 Å². The number of hydrogen-bond acceptors (Lipinski definition) is 3. The summed E-state index contributed by atoms with van der Waals surface area (Å²) in [7, 11) is 0. The molecule has 0 aromatic heterocycles. The maximum atomic E-state index is 12.3. The molecule has 0 bridgehead atoms. The molecule has 0 aliphatic carbocycles. The van der Waals surface area contributed by atoms with Crippen LogP contribution in [0.25, 0.3) is 11.1 Å². The zero-order chi connectivity index (χ0) is 17.5. The first-order valence-electron chi connectivity index (χ1n) is 7.87. The first-order chi connectivity index (χ1) is 11.5. The minimum atomic E-state index is -0.943. The van der Waals surface area contributed by atoms with E-state index >= 15 is 0 Å². The number of hydrogen-bond donors (Lipinski definition) is 2. The van der Waals surface area contributed by atoms with E-state index in [0.29, 0.717) is 5.69 Å². The molecule has 0 heterocycles. The molecule has 1 amide bonds. The van der Waals surface area contributed by atoms with E-state index in [-0.39, 0.29) is 25.0 Å². The average molecular weight is 326 g/mol. The smallest absolute Gasteiger partial charge is 0.317 e. The normalized spacial score (nSPS) is 10.8. The summed E-state index contributed by atoms with van der Waals surface area (Å²) < 4.78 is 0. The highest BCUT2D eigenvalue weighted by Crippen LogP contribution is 2.27. The van der Waals surface area contributed by atoms with Gasteiger partial charge in [-0.2, -0.15) is 0 Å². The molecular formula is C19H22N2O3. The maximum Gasteiger partial charge on any atom is 0.317 e. The Morgan fingerprint density at radius 1 is 1.00 bits per heavy atom. The summed E-state index contributed by atoms with van der Waals surface area (Å²) >= 11 is 0. The first kappa shape index (κ1) is 17.7. The molecular weight excluding hydrogens is 304 g/mol. The summed E-state index contributed by atoms with van der Waals surface area (Å²) in [5.41, 5.74) is 2.66.